The lowest BCUT2D eigenvalue weighted by Crippen LogP contribution is -2.21. The number of benzene rings is 1. The summed E-state index contributed by atoms with van der Waals surface area (Å²) >= 11 is 0. The number of methoxy groups -OCH3 is 2. The maximum Gasteiger partial charge on any atom is 0.124 e. The van der Waals surface area contributed by atoms with Crippen LogP contribution >= 0.6 is 0 Å². The number of H-pyrrole nitrogens is 1. The number of hydrogen-bond acceptors (Lipinski definition) is 6. The molecule has 0 bridgehead atoms. The Balaban J connectivity index is 1.65. The molecule has 2 aromatic heterocycles. The van der Waals surface area contributed by atoms with E-state index in [1.807, 2.05) is 12.1 Å². The summed E-state index contributed by atoms with van der Waals surface area (Å²) in [5.41, 5.74) is 3.57. The molecule has 7 nitrogen and oxygen atoms in total. The van der Waals surface area contributed by atoms with Crippen molar-refractivity contribution in [3.8, 4) is 22.8 Å². The fourth-order valence-electron chi connectivity index (χ4n) is 2.76. The smallest absolute Gasteiger partial charge is 0.124 e. The Bertz CT molecular complexity index is 836. The van der Waals surface area contributed by atoms with Gasteiger partial charge in [-0.1, -0.05) is 0 Å². The van der Waals surface area contributed by atoms with Crippen LogP contribution in [0.2, 0.25) is 0 Å². The highest BCUT2D eigenvalue weighted by molar-refractivity contribution is 5.61. The number of pyridine rings is 1. The molecule has 0 radical (unpaired) electrons. The van der Waals surface area contributed by atoms with Gasteiger partial charge in [0.1, 0.15) is 11.5 Å². The Kier molecular flexibility index (Phi) is 5.83. The molecule has 3 rings (SSSR count). The SMILES string of the molecule is COc1ccc(OC)c(C(O)CNCc2cn[nH]c2-c2cccnc2)c1. The van der Waals surface area contributed by atoms with Crippen LogP contribution in [-0.4, -0.2) is 41.1 Å². The van der Waals surface area contributed by atoms with Gasteiger partial charge >= 0.3 is 0 Å². The predicted octanol–water partition coefficient (Wildman–Crippen LogP) is 2.31. The lowest BCUT2D eigenvalue weighted by molar-refractivity contribution is 0.169. The van der Waals surface area contributed by atoms with E-state index in [1.54, 1.807) is 51.0 Å². The standard InChI is InChI=1S/C19H22N4O3/c1-25-15-5-6-18(26-2)16(8-15)17(24)12-21-10-14-11-22-23-19(14)13-4-3-7-20-9-13/h3-9,11,17,21,24H,10,12H2,1-2H3,(H,22,23). The summed E-state index contributed by atoms with van der Waals surface area (Å²) < 4.78 is 10.6. The van der Waals surface area contributed by atoms with Crippen LogP contribution in [0, 0.1) is 0 Å². The lowest BCUT2D eigenvalue weighted by Gasteiger charge is -2.16. The van der Waals surface area contributed by atoms with Crippen LogP contribution in [0.3, 0.4) is 0 Å². The molecule has 0 amide bonds. The van der Waals surface area contributed by atoms with E-state index in [2.05, 4.69) is 20.5 Å². The number of aromatic amines is 1. The van der Waals surface area contributed by atoms with Gasteiger partial charge in [-0.2, -0.15) is 5.10 Å². The predicted molar refractivity (Wildman–Crippen MR) is 98.0 cm³/mol. The van der Waals surface area contributed by atoms with Crippen molar-refractivity contribution in [2.24, 2.45) is 0 Å². The molecule has 0 aliphatic heterocycles. The van der Waals surface area contributed by atoms with Crippen molar-refractivity contribution in [3.63, 3.8) is 0 Å². The number of aromatic nitrogens is 3. The van der Waals surface area contributed by atoms with E-state index < -0.39 is 6.10 Å². The normalized spacial score (nSPS) is 12.0. The van der Waals surface area contributed by atoms with Gasteiger partial charge in [0.25, 0.3) is 0 Å². The Morgan fingerprint density at radius 2 is 2.08 bits per heavy atom. The van der Waals surface area contributed by atoms with E-state index in [0.717, 1.165) is 16.8 Å². The highest BCUT2D eigenvalue weighted by Crippen LogP contribution is 2.29. The summed E-state index contributed by atoms with van der Waals surface area (Å²) in [4.78, 5) is 4.13. The maximum atomic E-state index is 10.5. The maximum absolute atomic E-state index is 10.5. The molecule has 0 fully saturated rings. The molecule has 26 heavy (non-hydrogen) atoms. The molecule has 0 saturated heterocycles. The molecule has 0 aliphatic rings. The zero-order valence-electron chi connectivity index (χ0n) is 14.8. The Morgan fingerprint density at radius 1 is 1.19 bits per heavy atom. The first-order valence-corrected chi connectivity index (χ1v) is 8.26. The van der Waals surface area contributed by atoms with E-state index in [1.165, 1.54) is 0 Å². The molecular weight excluding hydrogens is 332 g/mol. The van der Waals surface area contributed by atoms with Crippen molar-refractivity contribution in [2.75, 3.05) is 20.8 Å². The van der Waals surface area contributed by atoms with Gasteiger partial charge in [0.05, 0.1) is 32.2 Å². The van der Waals surface area contributed by atoms with E-state index >= 15 is 0 Å². The summed E-state index contributed by atoms with van der Waals surface area (Å²) in [5, 5.41) is 20.9. The van der Waals surface area contributed by atoms with Crippen LogP contribution in [0.4, 0.5) is 0 Å². The average Bonchev–Trinajstić information content (AvgIpc) is 3.16. The number of nitrogens with zero attached hydrogens (tertiary/aromatic N) is 2. The minimum Gasteiger partial charge on any atom is -0.497 e. The Morgan fingerprint density at radius 3 is 2.81 bits per heavy atom. The highest BCUT2D eigenvalue weighted by atomic mass is 16.5. The quantitative estimate of drug-likeness (QED) is 0.575. The molecule has 2 heterocycles. The van der Waals surface area contributed by atoms with Crippen LogP contribution in [0.15, 0.2) is 48.9 Å². The first-order valence-electron chi connectivity index (χ1n) is 8.26. The summed E-state index contributed by atoms with van der Waals surface area (Å²) in [6, 6.07) is 9.22. The number of hydrogen-bond donors (Lipinski definition) is 3. The van der Waals surface area contributed by atoms with Gasteiger partial charge < -0.3 is 19.9 Å². The molecule has 1 atom stereocenters. The molecule has 3 aromatic rings. The van der Waals surface area contributed by atoms with Crippen molar-refractivity contribution in [1.29, 1.82) is 0 Å². The van der Waals surface area contributed by atoms with Crippen molar-refractivity contribution in [1.82, 2.24) is 20.5 Å². The lowest BCUT2D eigenvalue weighted by atomic mass is 10.1. The summed E-state index contributed by atoms with van der Waals surface area (Å²) in [6.07, 6.45) is 4.56. The monoisotopic (exact) mass is 354 g/mol. The second-order valence-electron chi connectivity index (χ2n) is 5.77. The molecule has 1 aromatic carbocycles. The zero-order chi connectivity index (χ0) is 18.4. The molecule has 136 valence electrons. The molecule has 1 unspecified atom stereocenters. The van der Waals surface area contributed by atoms with Gasteiger partial charge in [0.2, 0.25) is 0 Å². The summed E-state index contributed by atoms with van der Waals surface area (Å²) in [5.74, 6) is 1.30. The van der Waals surface area contributed by atoms with Crippen LogP contribution in [0.1, 0.15) is 17.2 Å². The van der Waals surface area contributed by atoms with Gasteiger partial charge in [-0.15, -0.1) is 0 Å². The van der Waals surface area contributed by atoms with Crippen LogP contribution in [0.5, 0.6) is 11.5 Å². The average molecular weight is 354 g/mol. The van der Waals surface area contributed by atoms with Crippen LogP contribution in [-0.2, 0) is 6.54 Å². The summed E-state index contributed by atoms with van der Waals surface area (Å²) in [7, 11) is 3.17. The molecule has 0 spiro atoms. The molecule has 7 heteroatoms. The van der Waals surface area contributed by atoms with Crippen molar-refractivity contribution in [3.05, 3.63) is 60.0 Å². The second-order valence-corrected chi connectivity index (χ2v) is 5.77. The van der Waals surface area contributed by atoms with Gasteiger partial charge in [-0.3, -0.25) is 10.1 Å². The van der Waals surface area contributed by atoms with Crippen molar-refractivity contribution >= 4 is 0 Å². The second kappa shape index (κ2) is 8.46. The van der Waals surface area contributed by atoms with Gasteiger partial charge in [-0.25, -0.2) is 0 Å². The number of nitrogens with one attached hydrogen (secondary N) is 2. The topological polar surface area (TPSA) is 92.3 Å². The Hall–Kier alpha value is -2.90. The third-order valence-electron chi connectivity index (χ3n) is 4.12. The zero-order valence-corrected chi connectivity index (χ0v) is 14.8. The van der Waals surface area contributed by atoms with E-state index in [4.69, 9.17) is 9.47 Å². The fraction of sp³-hybridized carbons (Fsp3) is 0.263. The van der Waals surface area contributed by atoms with E-state index in [0.29, 0.717) is 30.2 Å². The first-order chi connectivity index (χ1) is 12.7. The molecule has 0 saturated carbocycles. The van der Waals surface area contributed by atoms with Gasteiger partial charge in [0, 0.05) is 42.2 Å². The summed E-state index contributed by atoms with van der Waals surface area (Å²) in [6.45, 7) is 0.922. The minimum atomic E-state index is -0.728. The fourth-order valence-corrected chi connectivity index (χ4v) is 2.76. The van der Waals surface area contributed by atoms with Gasteiger partial charge in [-0.05, 0) is 30.3 Å². The van der Waals surface area contributed by atoms with Crippen LogP contribution in [0.25, 0.3) is 11.3 Å². The highest BCUT2D eigenvalue weighted by Gasteiger charge is 2.15. The van der Waals surface area contributed by atoms with Gasteiger partial charge in [0.15, 0.2) is 0 Å². The molecule has 3 N–H and O–H groups in total. The third kappa shape index (κ3) is 4.01. The molecule has 0 aliphatic carbocycles. The number of rotatable bonds is 8. The number of aliphatic hydroxyl groups is 1. The van der Waals surface area contributed by atoms with E-state index in [-0.39, 0.29) is 0 Å². The molecular formula is C19H22N4O3. The van der Waals surface area contributed by atoms with Crippen molar-refractivity contribution < 1.29 is 14.6 Å². The van der Waals surface area contributed by atoms with Crippen molar-refractivity contribution in [2.45, 2.75) is 12.6 Å². The first kappa shape index (κ1) is 17.9. The Labute approximate surface area is 152 Å². The minimum absolute atomic E-state index is 0.362. The van der Waals surface area contributed by atoms with E-state index in [9.17, 15) is 5.11 Å². The number of ether oxygens (including phenoxy) is 2. The van der Waals surface area contributed by atoms with Crippen LogP contribution < -0.4 is 14.8 Å². The third-order valence-corrected chi connectivity index (χ3v) is 4.12. The largest absolute Gasteiger partial charge is 0.497 e. The number of aliphatic hydroxyl groups excluding tert-OH is 1.